The monoisotopic (exact) mass is 327 g/mol. The topological polar surface area (TPSA) is 29.5 Å². The number of carbonyl (C=O) groups excluding carboxylic acids is 1. The molecule has 138 valence electrons. The lowest BCUT2D eigenvalue weighted by atomic mass is 10.1. The van der Waals surface area contributed by atoms with Gasteiger partial charge in [-0.15, -0.1) is 0 Å². The van der Waals surface area contributed by atoms with E-state index in [4.69, 9.17) is 4.74 Å². The number of rotatable bonds is 17. The zero-order valence-corrected chi connectivity index (χ0v) is 16.1. The van der Waals surface area contributed by atoms with Crippen LogP contribution < -0.4 is 0 Å². The molecule has 23 heavy (non-hydrogen) atoms. The van der Waals surface area contributed by atoms with Crippen molar-refractivity contribution >= 4 is 5.97 Å². The molecule has 0 saturated carbocycles. The van der Waals surface area contributed by atoms with Gasteiger partial charge in [0, 0.05) is 13.0 Å². The van der Waals surface area contributed by atoms with Gasteiger partial charge in [0.05, 0.1) is 0 Å². The summed E-state index contributed by atoms with van der Waals surface area (Å²) in [6.07, 6.45) is 16.2. The standard InChI is InChI=1S/C20H41NO2/c1-4-6-7-8-9-10-11-12-13-14-15-16-20(22)23-19-18-21(3)17-5-2/h4-19H2,1-3H3. The average molecular weight is 328 g/mol. The van der Waals surface area contributed by atoms with Crippen LogP contribution in [-0.2, 0) is 9.53 Å². The second-order valence-electron chi connectivity index (χ2n) is 6.81. The molecule has 0 fully saturated rings. The summed E-state index contributed by atoms with van der Waals surface area (Å²) in [7, 11) is 2.07. The first-order valence-corrected chi connectivity index (χ1v) is 10.0. The van der Waals surface area contributed by atoms with Crippen molar-refractivity contribution in [3.05, 3.63) is 0 Å². The molecule has 0 radical (unpaired) electrons. The Labute approximate surface area is 145 Å². The van der Waals surface area contributed by atoms with Crippen LogP contribution in [-0.4, -0.2) is 37.6 Å². The van der Waals surface area contributed by atoms with E-state index in [1.165, 1.54) is 64.2 Å². The Morgan fingerprint density at radius 1 is 0.739 bits per heavy atom. The molecule has 0 spiro atoms. The minimum atomic E-state index is -0.0224. The predicted octanol–water partition coefficient (Wildman–Crippen LogP) is 5.57. The number of nitrogens with zero attached hydrogens (tertiary/aromatic N) is 1. The van der Waals surface area contributed by atoms with Gasteiger partial charge in [-0.25, -0.2) is 0 Å². The maximum atomic E-state index is 11.6. The molecule has 0 unspecified atom stereocenters. The number of esters is 1. The second-order valence-corrected chi connectivity index (χ2v) is 6.81. The third-order valence-electron chi connectivity index (χ3n) is 4.33. The first-order chi connectivity index (χ1) is 11.2. The Kier molecular flexibility index (Phi) is 17.3. The zero-order valence-electron chi connectivity index (χ0n) is 16.1. The molecule has 0 aliphatic carbocycles. The minimum Gasteiger partial charge on any atom is -0.464 e. The van der Waals surface area contributed by atoms with Crippen LogP contribution >= 0.6 is 0 Å². The van der Waals surface area contributed by atoms with Crippen molar-refractivity contribution in [1.82, 2.24) is 4.90 Å². The molecule has 3 heteroatoms. The van der Waals surface area contributed by atoms with Crippen molar-refractivity contribution in [2.24, 2.45) is 0 Å². The Hall–Kier alpha value is -0.570. The van der Waals surface area contributed by atoms with E-state index in [-0.39, 0.29) is 5.97 Å². The summed E-state index contributed by atoms with van der Waals surface area (Å²) in [4.78, 5) is 13.8. The van der Waals surface area contributed by atoms with E-state index in [1.807, 2.05) is 0 Å². The highest BCUT2D eigenvalue weighted by Gasteiger charge is 2.03. The fourth-order valence-electron chi connectivity index (χ4n) is 2.81. The van der Waals surface area contributed by atoms with Gasteiger partial charge in [0.1, 0.15) is 6.61 Å². The molecule has 0 heterocycles. The van der Waals surface area contributed by atoms with Gasteiger partial charge in [-0.3, -0.25) is 4.79 Å². The third-order valence-corrected chi connectivity index (χ3v) is 4.33. The molecule has 0 rings (SSSR count). The Bertz CT molecular complexity index is 256. The smallest absolute Gasteiger partial charge is 0.305 e. The van der Waals surface area contributed by atoms with Crippen molar-refractivity contribution in [2.45, 2.75) is 97.3 Å². The van der Waals surface area contributed by atoms with Gasteiger partial charge in [-0.2, -0.15) is 0 Å². The molecular weight excluding hydrogens is 286 g/mol. The molecule has 0 aromatic rings. The van der Waals surface area contributed by atoms with Gasteiger partial charge in [0.15, 0.2) is 0 Å². The number of hydrogen-bond acceptors (Lipinski definition) is 3. The number of likely N-dealkylation sites (N-methyl/N-ethyl adjacent to an activating group) is 1. The van der Waals surface area contributed by atoms with Crippen LogP contribution in [0.2, 0.25) is 0 Å². The third kappa shape index (κ3) is 17.6. The highest BCUT2D eigenvalue weighted by atomic mass is 16.5. The van der Waals surface area contributed by atoms with E-state index < -0.39 is 0 Å². The van der Waals surface area contributed by atoms with Crippen molar-refractivity contribution in [1.29, 1.82) is 0 Å². The number of hydrogen-bond donors (Lipinski definition) is 0. The first kappa shape index (κ1) is 22.4. The molecule has 3 nitrogen and oxygen atoms in total. The van der Waals surface area contributed by atoms with Crippen molar-refractivity contribution < 1.29 is 9.53 Å². The summed E-state index contributed by atoms with van der Waals surface area (Å²) < 4.78 is 5.27. The molecule has 0 bridgehead atoms. The van der Waals surface area contributed by atoms with Crippen LogP contribution in [0.5, 0.6) is 0 Å². The summed E-state index contributed by atoms with van der Waals surface area (Å²) >= 11 is 0. The van der Waals surface area contributed by atoms with Crippen LogP contribution in [0.1, 0.15) is 97.3 Å². The molecule has 0 amide bonds. The summed E-state index contributed by atoms with van der Waals surface area (Å²) in [5.74, 6) is -0.0224. The van der Waals surface area contributed by atoms with E-state index in [9.17, 15) is 4.79 Å². The van der Waals surface area contributed by atoms with Crippen molar-refractivity contribution in [3.63, 3.8) is 0 Å². The average Bonchev–Trinajstić information content (AvgIpc) is 2.53. The van der Waals surface area contributed by atoms with Crippen LogP contribution in [0.15, 0.2) is 0 Å². The second kappa shape index (κ2) is 17.8. The fraction of sp³-hybridized carbons (Fsp3) is 0.950. The van der Waals surface area contributed by atoms with E-state index >= 15 is 0 Å². The summed E-state index contributed by atoms with van der Waals surface area (Å²) in [6, 6.07) is 0. The number of ether oxygens (including phenoxy) is 1. The summed E-state index contributed by atoms with van der Waals surface area (Å²) in [6.45, 7) is 6.87. The molecule has 0 N–H and O–H groups in total. The van der Waals surface area contributed by atoms with Crippen molar-refractivity contribution in [2.75, 3.05) is 26.7 Å². The lowest BCUT2D eigenvalue weighted by Crippen LogP contribution is -2.25. The van der Waals surface area contributed by atoms with Gasteiger partial charge in [0.25, 0.3) is 0 Å². The van der Waals surface area contributed by atoms with Gasteiger partial charge in [0.2, 0.25) is 0 Å². The summed E-state index contributed by atoms with van der Waals surface area (Å²) in [5, 5.41) is 0. The van der Waals surface area contributed by atoms with E-state index in [1.54, 1.807) is 0 Å². The fourth-order valence-corrected chi connectivity index (χ4v) is 2.81. The van der Waals surface area contributed by atoms with Crippen LogP contribution in [0.4, 0.5) is 0 Å². The van der Waals surface area contributed by atoms with Crippen molar-refractivity contribution in [3.8, 4) is 0 Å². The minimum absolute atomic E-state index is 0.0224. The van der Waals surface area contributed by atoms with Crippen LogP contribution in [0.3, 0.4) is 0 Å². The quantitative estimate of drug-likeness (QED) is 0.258. The molecule has 0 saturated heterocycles. The Balaban J connectivity index is 3.20. The van der Waals surface area contributed by atoms with Gasteiger partial charge in [-0.05, 0) is 26.4 Å². The van der Waals surface area contributed by atoms with E-state index in [0.717, 1.165) is 25.9 Å². The van der Waals surface area contributed by atoms with Crippen LogP contribution in [0.25, 0.3) is 0 Å². The molecular formula is C20H41NO2. The van der Waals surface area contributed by atoms with E-state index in [0.29, 0.717) is 13.0 Å². The molecule has 0 aromatic carbocycles. The van der Waals surface area contributed by atoms with Gasteiger partial charge < -0.3 is 9.64 Å². The largest absolute Gasteiger partial charge is 0.464 e. The highest BCUT2D eigenvalue weighted by Crippen LogP contribution is 2.12. The normalized spacial score (nSPS) is 11.1. The SMILES string of the molecule is CCCCCCCCCCCCCC(=O)OCCN(C)CCC. The molecule has 0 atom stereocenters. The lowest BCUT2D eigenvalue weighted by Gasteiger charge is -2.15. The Morgan fingerprint density at radius 3 is 1.78 bits per heavy atom. The van der Waals surface area contributed by atoms with Gasteiger partial charge >= 0.3 is 5.97 Å². The van der Waals surface area contributed by atoms with E-state index in [2.05, 4.69) is 25.8 Å². The zero-order chi connectivity index (χ0) is 17.2. The first-order valence-electron chi connectivity index (χ1n) is 10.0. The number of unbranched alkanes of at least 4 members (excludes halogenated alkanes) is 10. The number of carbonyl (C=O) groups is 1. The maximum Gasteiger partial charge on any atom is 0.305 e. The molecule has 0 aliphatic heterocycles. The Morgan fingerprint density at radius 2 is 1.26 bits per heavy atom. The van der Waals surface area contributed by atoms with Gasteiger partial charge in [-0.1, -0.05) is 78.1 Å². The molecule has 0 aliphatic rings. The summed E-state index contributed by atoms with van der Waals surface area (Å²) in [5.41, 5.74) is 0. The highest BCUT2D eigenvalue weighted by molar-refractivity contribution is 5.69. The van der Waals surface area contributed by atoms with Crippen LogP contribution in [0, 0.1) is 0 Å². The molecule has 0 aromatic heterocycles. The lowest BCUT2D eigenvalue weighted by molar-refractivity contribution is -0.144. The predicted molar refractivity (Wildman–Crippen MR) is 99.8 cm³/mol. The maximum absolute atomic E-state index is 11.6.